The van der Waals surface area contributed by atoms with E-state index in [-0.39, 0.29) is 0 Å². The van der Waals surface area contributed by atoms with Crippen molar-refractivity contribution < 1.29 is 0 Å². The zero-order valence-electron chi connectivity index (χ0n) is 2.72. The summed E-state index contributed by atoms with van der Waals surface area (Å²) < 4.78 is -1.12. The van der Waals surface area contributed by atoms with Gasteiger partial charge in [-0.2, -0.15) is 0 Å². The molecule has 0 aromatic carbocycles. The Morgan fingerprint density at radius 1 is 1.33 bits per heavy atom. The average Bonchev–Trinajstić information content (AvgIpc) is 1.35. The summed E-state index contributed by atoms with van der Waals surface area (Å²) in [6, 6.07) is 0. The smallest absolute Gasteiger partial charge is 0.0882 e. The molecule has 0 heterocycles. The van der Waals surface area contributed by atoms with Gasteiger partial charge in [0.25, 0.3) is 0 Å². The third-order valence-electron chi connectivity index (χ3n) is 0.152. The fourth-order valence-electron chi connectivity index (χ4n) is 0. The van der Waals surface area contributed by atoms with Crippen molar-refractivity contribution in [3.63, 3.8) is 0 Å². The van der Waals surface area contributed by atoms with Gasteiger partial charge in [0.2, 0.25) is 0 Å². The summed E-state index contributed by atoms with van der Waals surface area (Å²) in [5.41, 5.74) is 0. The van der Waals surface area contributed by atoms with E-state index in [1.807, 2.05) is 0 Å². The highest BCUT2D eigenvalue weighted by Gasteiger charge is 2.15. The van der Waals surface area contributed by atoms with Crippen molar-refractivity contribution in [1.82, 2.24) is 0 Å². The summed E-state index contributed by atoms with van der Waals surface area (Å²) >= 11 is 18.6. The molecule has 0 aliphatic heterocycles. The van der Waals surface area contributed by atoms with Crippen LogP contribution in [-0.2, 0) is 0 Å². The summed E-state index contributed by atoms with van der Waals surface area (Å²) in [6.07, 6.45) is 0. The molecule has 0 saturated carbocycles. The molecule has 0 saturated heterocycles. The van der Waals surface area contributed by atoms with Crippen molar-refractivity contribution in [2.24, 2.45) is 0 Å². The fourth-order valence-corrected chi connectivity index (χ4v) is 0. The first-order chi connectivity index (χ1) is 2.56. The van der Waals surface area contributed by atoms with Gasteiger partial charge in [0.1, 0.15) is 0 Å². The molecular formula is C2H2BrCl3. The van der Waals surface area contributed by atoms with Crippen LogP contribution in [0, 0.1) is 0 Å². The zero-order valence-corrected chi connectivity index (χ0v) is 6.57. The van der Waals surface area contributed by atoms with E-state index in [9.17, 15) is 0 Å². The molecule has 0 rings (SSSR count). The lowest BCUT2D eigenvalue weighted by Crippen LogP contribution is -2.01. The van der Waals surface area contributed by atoms with E-state index in [0.29, 0.717) is 5.33 Å². The van der Waals surface area contributed by atoms with Crippen LogP contribution in [0.5, 0.6) is 0 Å². The number of alkyl halides is 4. The zero-order chi connectivity index (χ0) is 5.21. The molecule has 0 unspecified atom stereocenters. The molecule has 6 heavy (non-hydrogen) atoms. The van der Waals surface area contributed by atoms with Crippen LogP contribution in [0.15, 0.2) is 0 Å². The molecule has 0 aliphatic carbocycles. The second kappa shape index (κ2) is 2.61. The molecule has 4 heteroatoms. The van der Waals surface area contributed by atoms with E-state index < -0.39 is 3.79 Å². The SMILES string of the molecule is ClC(Cl)(Cl)CBr. The standard InChI is InChI=1S/C2H2BrCl3/c3-1-2(4,5)6/h1H2. The lowest BCUT2D eigenvalue weighted by atomic mass is 10.9. The lowest BCUT2D eigenvalue weighted by molar-refractivity contribution is 1.31. The number of hydrogen-bond acceptors (Lipinski definition) is 0. The molecule has 0 aliphatic rings. The summed E-state index contributed by atoms with van der Waals surface area (Å²) in [5.74, 6) is 0. The van der Waals surface area contributed by atoms with E-state index in [1.54, 1.807) is 0 Å². The Hall–Kier alpha value is 1.35. The predicted octanol–water partition coefficient (Wildman–Crippen LogP) is 2.75. The van der Waals surface area contributed by atoms with Gasteiger partial charge in [0, 0.05) is 0 Å². The maximum absolute atomic E-state index is 5.20. The van der Waals surface area contributed by atoms with Crippen molar-refractivity contribution in [3.05, 3.63) is 0 Å². The highest BCUT2D eigenvalue weighted by Crippen LogP contribution is 2.27. The van der Waals surface area contributed by atoms with Crippen molar-refractivity contribution in [2.75, 3.05) is 5.33 Å². The van der Waals surface area contributed by atoms with E-state index in [0.717, 1.165) is 0 Å². The molecule has 0 fully saturated rings. The van der Waals surface area contributed by atoms with Crippen LogP contribution >= 0.6 is 50.7 Å². The summed E-state index contributed by atoms with van der Waals surface area (Å²) in [4.78, 5) is 0. The molecule has 0 aromatic rings. The van der Waals surface area contributed by atoms with E-state index in [2.05, 4.69) is 15.9 Å². The van der Waals surface area contributed by atoms with Gasteiger partial charge in [-0.1, -0.05) is 50.7 Å². The first-order valence-electron chi connectivity index (χ1n) is 1.19. The normalized spacial score (nSPS) is 12.0. The van der Waals surface area contributed by atoms with Gasteiger partial charge in [-0.15, -0.1) is 0 Å². The van der Waals surface area contributed by atoms with Gasteiger partial charge in [-0.25, -0.2) is 0 Å². The summed E-state index contributed by atoms with van der Waals surface area (Å²) in [6.45, 7) is 0. The van der Waals surface area contributed by atoms with Crippen molar-refractivity contribution in [1.29, 1.82) is 0 Å². The van der Waals surface area contributed by atoms with Gasteiger partial charge >= 0.3 is 0 Å². The highest BCUT2D eigenvalue weighted by molar-refractivity contribution is 9.09. The molecule has 38 valence electrons. The Balaban J connectivity index is 3.17. The Kier molecular flexibility index (Phi) is 3.19. The molecule has 0 bridgehead atoms. The first kappa shape index (κ1) is 7.35. The number of hydrogen-bond donors (Lipinski definition) is 0. The first-order valence-corrected chi connectivity index (χ1v) is 3.44. The third kappa shape index (κ3) is 5.35. The van der Waals surface area contributed by atoms with Crippen molar-refractivity contribution in [2.45, 2.75) is 3.79 Å². The molecule has 0 aromatic heterocycles. The minimum Gasteiger partial charge on any atom is -0.0882 e. The van der Waals surface area contributed by atoms with Crippen LogP contribution in [0.2, 0.25) is 0 Å². The molecule has 0 atom stereocenters. The molecule has 0 N–H and O–H groups in total. The van der Waals surface area contributed by atoms with Crippen LogP contribution in [0.3, 0.4) is 0 Å². The maximum atomic E-state index is 5.20. The number of halogens is 4. The van der Waals surface area contributed by atoms with Crippen LogP contribution in [-0.4, -0.2) is 9.12 Å². The summed E-state index contributed by atoms with van der Waals surface area (Å²) in [5, 5.41) is 0.380. The third-order valence-corrected chi connectivity index (χ3v) is 2.36. The Morgan fingerprint density at radius 2 is 1.50 bits per heavy atom. The van der Waals surface area contributed by atoms with E-state index >= 15 is 0 Å². The Labute approximate surface area is 59.9 Å². The van der Waals surface area contributed by atoms with Crippen molar-refractivity contribution in [3.8, 4) is 0 Å². The van der Waals surface area contributed by atoms with Crippen LogP contribution < -0.4 is 0 Å². The average molecular weight is 212 g/mol. The van der Waals surface area contributed by atoms with Crippen LogP contribution in [0.1, 0.15) is 0 Å². The van der Waals surface area contributed by atoms with Gasteiger partial charge in [-0.05, 0) is 0 Å². The van der Waals surface area contributed by atoms with E-state index in [1.165, 1.54) is 0 Å². The van der Waals surface area contributed by atoms with E-state index in [4.69, 9.17) is 34.8 Å². The topological polar surface area (TPSA) is 0 Å². The maximum Gasteiger partial charge on any atom is 0.200 e. The van der Waals surface area contributed by atoms with Gasteiger partial charge in [0.05, 0.1) is 5.33 Å². The second-order valence-corrected chi connectivity index (χ2v) is 3.83. The molecule has 0 spiro atoms. The van der Waals surface area contributed by atoms with Gasteiger partial charge < -0.3 is 0 Å². The fraction of sp³-hybridized carbons (Fsp3) is 1.00. The molecular weight excluding hydrogens is 210 g/mol. The monoisotopic (exact) mass is 210 g/mol. The molecule has 0 amide bonds. The second-order valence-electron chi connectivity index (χ2n) is 0.749. The lowest BCUT2D eigenvalue weighted by Gasteiger charge is -2.01. The quantitative estimate of drug-likeness (QED) is 0.542. The predicted molar refractivity (Wildman–Crippen MR) is 34.1 cm³/mol. The number of rotatable bonds is 0. The molecule has 0 radical (unpaired) electrons. The largest absolute Gasteiger partial charge is 0.200 e. The van der Waals surface area contributed by atoms with Crippen molar-refractivity contribution >= 4 is 50.7 Å². The minimum absolute atomic E-state index is 0.380. The van der Waals surface area contributed by atoms with Gasteiger partial charge in [0.15, 0.2) is 3.79 Å². The highest BCUT2D eigenvalue weighted by atomic mass is 79.9. The minimum atomic E-state index is -1.12. The summed E-state index contributed by atoms with van der Waals surface area (Å²) in [7, 11) is 0. The van der Waals surface area contributed by atoms with Crippen LogP contribution in [0.4, 0.5) is 0 Å². The Morgan fingerprint density at radius 3 is 1.50 bits per heavy atom. The van der Waals surface area contributed by atoms with Gasteiger partial charge in [-0.3, -0.25) is 0 Å². The molecule has 0 nitrogen and oxygen atoms in total. The Bertz CT molecular complexity index is 38.5. The van der Waals surface area contributed by atoms with Crippen LogP contribution in [0.25, 0.3) is 0 Å².